The topological polar surface area (TPSA) is 38.8 Å². The second kappa shape index (κ2) is 11.3. The van der Waals surface area contributed by atoms with Crippen LogP contribution >= 0.6 is 0 Å². The molecule has 1 heterocycles. The van der Waals surface area contributed by atoms with Crippen molar-refractivity contribution < 1.29 is 27.4 Å². The highest BCUT2D eigenvalue weighted by atomic mass is 19.4. The van der Waals surface area contributed by atoms with Crippen molar-refractivity contribution >= 4 is 12.0 Å². The molecule has 0 bridgehead atoms. The van der Waals surface area contributed by atoms with Crippen molar-refractivity contribution in [3.05, 3.63) is 101 Å². The summed E-state index contributed by atoms with van der Waals surface area (Å²) in [6, 6.07) is 20.3. The van der Waals surface area contributed by atoms with E-state index in [1.54, 1.807) is 31.4 Å². The Balaban J connectivity index is 1.28. The largest absolute Gasteiger partial charge is 0.497 e. The summed E-state index contributed by atoms with van der Waals surface area (Å²) in [4.78, 5) is 14.6. The molecule has 4 rings (SSSR count). The fraction of sp³-hybridized carbons (Fsp3) is 0.276. The summed E-state index contributed by atoms with van der Waals surface area (Å²) in [7, 11) is 1.65. The van der Waals surface area contributed by atoms with Gasteiger partial charge in [0.25, 0.3) is 0 Å². The molecule has 36 heavy (non-hydrogen) atoms. The molecule has 0 saturated carbocycles. The van der Waals surface area contributed by atoms with Gasteiger partial charge in [0.15, 0.2) is 0 Å². The van der Waals surface area contributed by atoms with Gasteiger partial charge in [-0.1, -0.05) is 36.4 Å². The lowest BCUT2D eigenvalue weighted by molar-refractivity contribution is -0.137. The fourth-order valence-corrected chi connectivity index (χ4v) is 4.25. The number of nitrogens with zero attached hydrogens (tertiary/aromatic N) is 1. The van der Waals surface area contributed by atoms with Gasteiger partial charge < -0.3 is 14.4 Å². The van der Waals surface area contributed by atoms with Crippen LogP contribution in [0, 0.1) is 0 Å². The molecule has 1 aliphatic rings. The summed E-state index contributed by atoms with van der Waals surface area (Å²) in [5.41, 5.74) is 2.03. The van der Waals surface area contributed by atoms with Crippen LogP contribution in [0.3, 0.4) is 0 Å². The second-order valence-electron chi connectivity index (χ2n) is 8.76. The number of hydrogen-bond donors (Lipinski definition) is 0. The molecule has 0 N–H and O–H groups in total. The number of halogens is 3. The molecule has 188 valence electrons. The van der Waals surface area contributed by atoms with Gasteiger partial charge in [-0.25, -0.2) is 0 Å². The number of likely N-dealkylation sites (tertiary alicyclic amines) is 1. The molecular formula is C29H28F3NO3. The first-order chi connectivity index (χ1) is 17.3. The van der Waals surface area contributed by atoms with Gasteiger partial charge in [-0.3, -0.25) is 4.79 Å². The molecule has 0 atom stereocenters. The molecule has 1 aliphatic heterocycles. The van der Waals surface area contributed by atoms with Gasteiger partial charge in [0, 0.05) is 19.2 Å². The molecule has 0 aliphatic carbocycles. The minimum absolute atomic E-state index is 0.0285. The normalized spacial score (nSPS) is 14.7. The van der Waals surface area contributed by atoms with Gasteiger partial charge in [0.2, 0.25) is 5.91 Å². The zero-order chi connectivity index (χ0) is 25.5. The molecule has 0 spiro atoms. The van der Waals surface area contributed by atoms with E-state index in [0.717, 1.165) is 36.3 Å². The van der Waals surface area contributed by atoms with Crippen molar-refractivity contribution in [1.82, 2.24) is 4.90 Å². The van der Waals surface area contributed by atoms with Crippen molar-refractivity contribution in [3.63, 3.8) is 0 Å². The zero-order valence-electron chi connectivity index (χ0n) is 20.0. The van der Waals surface area contributed by atoms with Crippen LogP contribution < -0.4 is 9.47 Å². The fourth-order valence-electron chi connectivity index (χ4n) is 4.25. The Morgan fingerprint density at radius 3 is 2.31 bits per heavy atom. The lowest BCUT2D eigenvalue weighted by atomic mass is 9.89. The second-order valence-corrected chi connectivity index (χ2v) is 8.76. The van der Waals surface area contributed by atoms with Crippen LogP contribution in [0.5, 0.6) is 11.5 Å². The number of rotatable bonds is 7. The number of piperidine rings is 1. The van der Waals surface area contributed by atoms with Gasteiger partial charge in [-0.15, -0.1) is 0 Å². The number of amides is 1. The monoisotopic (exact) mass is 495 g/mol. The van der Waals surface area contributed by atoms with Crippen LogP contribution in [0.4, 0.5) is 13.2 Å². The first-order valence-corrected chi connectivity index (χ1v) is 11.8. The molecule has 0 aromatic heterocycles. The van der Waals surface area contributed by atoms with E-state index >= 15 is 0 Å². The van der Waals surface area contributed by atoms with Crippen molar-refractivity contribution in [2.75, 3.05) is 20.2 Å². The summed E-state index contributed by atoms with van der Waals surface area (Å²) in [5, 5.41) is 0. The first kappa shape index (κ1) is 25.4. The van der Waals surface area contributed by atoms with E-state index in [9.17, 15) is 18.0 Å². The van der Waals surface area contributed by atoms with Gasteiger partial charge in [-0.05, 0) is 77.9 Å². The number of carbonyl (C=O) groups excluding carboxylic acids is 1. The molecule has 7 heteroatoms. The van der Waals surface area contributed by atoms with Gasteiger partial charge in [-0.2, -0.15) is 13.2 Å². The first-order valence-electron chi connectivity index (χ1n) is 11.8. The maximum absolute atomic E-state index is 12.7. The Kier molecular flexibility index (Phi) is 7.98. The average molecular weight is 496 g/mol. The maximum atomic E-state index is 12.7. The number of carbonyl (C=O) groups is 1. The van der Waals surface area contributed by atoms with E-state index in [1.807, 2.05) is 29.2 Å². The lowest BCUT2D eigenvalue weighted by Crippen LogP contribution is -2.36. The van der Waals surface area contributed by atoms with E-state index in [0.29, 0.717) is 30.3 Å². The smallest absolute Gasteiger partial charge is 0.416 e. The predicted octanol–water partition coefficient (Wildman–Crippen LogP) is 6.71. The Hall–Kier alpha value is -3.74. The van der Waals surface area contributed by atoms with Crippen molar-refractivity contribution in [2.24, 2.45) is 0 Å². The molecule has 1 saturated heterocycles. The summed E-state index contributed by atoms with van der Waals surface area (Å²) < 4.78 is 49.1. The Bertz CT molecular complexity index is 1180. The van der Waals surface area contributed by atoms with E-state index < -0.39 is 11.7 Å². The SMILES string of the molecule is COc1ccc(C2CCN(C(=O)C=Cc3cccc(OCc4ccc(C(F)(F)F)cc4)c3)CC2)cc1. The molecule has 1 amide bonds. The molecule has 0 radical (unpaired) electrons. The molecule has 3 aromatic carbocycles. The Labute approximate surface area is 209 Å². The quantitative estimate of drug-likeness (QED) is 0.342. The number of methoxy groups -OCH3 is 1. The van der Waals surface area contributed by atoms with E-state index in [4.69, 9.17) is 9.47 Å². The molecular weight excluding hydrogens is 467 g/mol. The predicted molar refractivity (Wildman–Crippen MR) is 133 cm³/mol. The number of benzene rings is 3. The van der Waals surface area contributed by atoms with Crippen LogP contribution in [0.1, 0.15) is 41.0 Å². The van der Waals surface area contributed by atoms with Gasteiger partial charge >= 0.3 is 6.18 Å². The number of ether oxygens (including phenoxy) is 2. The van der Waals surface area contributed by atoms with Gasteiger partial charge in [0.1, 0.15) is 18.1 Å². The van der Waals surface area contributed by atoms with Crippen LogP contribution in [0.25, 0.3) is 6.08 Å². The summed E-state index contributed by atoms with van der Waals surface area (Å²) in [5.74, 6) is 1.82. The van der Waals surface area contributed by atoms with Crippen LogP contribution in [-0.2, 0) is 17.6 Å². The molecule has 1 fully saturated rings. The summed E-state index contributed by atoms with van der Waals surface area (Å²) in [6.07, 6.45) is 0.799. The standard InChI is InChI=1S/C29H28F3NO3/c1-35-26-12-8-23(9-13-26)24-15-17-33(18-16-24)28(34)14-7-21-3-2-4-27(19-21)36-20-22-5-10-25(11-6-22)29(30,31)32/h2-14,19,24H,15-18,20H2,1H3. The third-order valence-electron chi connectivity index (χ3n) is 6.36. The molecule has 4 nitrogen and oxygen atoms in total. The minimum Gasteiger partial charge on any atom is -0.497 e. The highest BCUT2D eigenvalue weighted by molar-refractivity contribution is 5.91. The summed E-state index contributed by atoms with van der Waals surface area (Å²) in [6.45, 7) is 1.56. The van der Waals surface area contributed by atoms with Gasteiger partial charge in [0.05, 0.1) is 12.7 Å². The van der Waals surface area contributed by atoms with Crippen molar-refractivity contribution in [3.8, 4) is 11.5 Å². The number of hydrogen-bond acceptors (Lipinski definition) is 3. The third kappa shape index (κ3) is 6.68. The number of alkyl halides is 3. The zero-order valence-corrected chi connectivity index (χ0v) is 20.0. The van der Waals surface area contributed by atoms with E-state index in [1.165, 1.54) is 17.7 Å². The van der Waals surface area contributed by atoms with E-state index in [2.05, 4.69) is 12.1 Å². The van der Waals surface area contributed by atoms with Crippen molar-refractivity contribution in [1.29, 1.82) is 0 Å². The molecule has 0 unspecified atom stereocenters. The summed E-state index contributed by atoms with van der Waals surface area (Å²) >= 11 is 0. The van der Waals surface area contributed by atoms with Crippen LogP contribution in [0.15, 0.2) is 78.9 Å². The third-order valence-corrected chi connectivity index (χ3v) is 6.36. The highest BCUT2D eigenvalue weighted by Crippen LogP contribution is 2.30. The lowest BCUT2D eigenvalue weighted by Gasteiger charge is -2.31. The molecule has 3 aromatic rings. The van der Waals surface area contributed by atoms with Crippen LogP contribution in [-0.4, -0.2) is 31.0 Å². The maximum Gasteiger partial charge on any atom is 0.416 e. The van der Waals surface area contributed by atoms with Crippen molar-refractivity contribution in [2.45, 2.75) is 31.5 Å². The minimum atomic E-state index is -4.36. The van der Waals surface area contributed by atoms with Crippen LogP contribution in [0.2, 0.25) is 0 Å². The average Bonchev–Trinajstić information content (AvgIpc) is 2.91. The highest BCUT2D eigenvalue weighted by Gasteiger charge is 2.30. The Morgan fingerprint density at radius 2 is 1.67 bits per heavy atom. The van der Waals surface area contributed by atoms with E-state index in [-0.39, 0.29) is 12.5 Å². The Morgan fingerprint density at radius 1 is 0.972 bits per heavy atom.